The fourth-order valence-electron chi connectivity index (χ4n) is 3.42. The number of unbranched alkanes of at least 4 members (excludes halogenated alkanes) is 1. The van der Waals surface area contributed by atoms with E-state index >= 15 is 0 Å². The fraction of sp³-hybridized carbons (Fsp3) is 1.00. The van der Waals surface area contributed by atoms with E-state index in [1.165, 1.54) is 77.3 Å². The van der Waals surface area contributed by atoms with Crippen LogP contribution in [0.15, 0.2) is 0 Å². The Morgan fingerprint density at radius 3 is 2.39 bits per heavy atom. The van der Waals surface area contributed by atoms with Gasteiger partial charge in [-0.25, -0.2) is 0 Å². The Balaban J connectivity index is 1.39. The van der Waals surface area contributed by atoms with Crippen LogP contribution in [0.2, 0.25) is 0 Å². The second kappa shape index (κ2) is 8.92. The number of hydrogen-bond acceptors (Lipinski definition) is 2. The van der Waals surface area contributed by atoms with Gasteiger partial charge in [-0.3, -0.25) is 0 Å². The summed E-state index contributed by atoms with van der Waals surface area (Å²) in [6.45, 7) is 4.52. The first-order chi connectivity index (χ1) is 8.95. The summed E-state index contributed by atoms with van der Waals surface area (Å²) in [5.41, 5.74) is 0. The summed E-state index contributed by atoms with van der Waals surface area (Å²) in [6, 6.07) is 0. The molecule has 1 N–H and O–H groups in total. The molecular formula is C16H31NO. The van der Waals surface area contributed by atoms with E-state index < -0.39 is 0 Å². The smallest absolute Gasteiger partial charge is 0.0468 e. The van der Waals surface area contributed by atoms with Crippen LogP contribution < -0.4 is 5.32 Å². The van der Waals surface area contributed by atoms with Gasteiger partial charge < -0.3 is 10.1 Å². The van der Waals surface area contributed by atoms with Gasteiger partial charge in [0, 0.05) is 13.2 Å². The SMILES string of the molecule is C1CCC(CNCCCCC2CCOCC2)CC1. The molecule has 0 aromatic rings. The van der Waals surface area contributed by atoms with Gasteiger partial charge in [0.1, 0.15) is 0 Å². The van der Waals surface area contributed by atoms with Crippen molar-refractivity contribution in [3.63, 3.8) is 0 Å². The molecule has 1 heterocycles. The standard InChI is InChI=1S/C16H31NO/c1-2-7-16(8-3-1)14-17-11-5-4-6-15-9-12-18-13-10-15/h15-17H,1-14H2. The molecule has 2 nitrogen and oxygen atoms in total. The van der Waals surface area contributed by atoms with Crippen LogP contribution in [-0.4, -0.2) is 26.3 Å². The Bertz CT molecular complexity index is 173. The molecule has 0 bridgehead atoms. The Labute approximate surface area is 113 Å². The van der Waals surface area contributed by atoms with E-state index in [4.69, 9.17) is 4.74 Å². The minimum Gasteiger partial charge on any atom is -0.381 e. The molecule has 0 atom stereocenters. The van der Waals surface area contributed by atoms with E-state index in [0.29, 0.717) is 0 Å². The maximum atomic E-state index is 5.40. The summed E-state index contributed by atoms with van der Waals surface area (Å²) in [5, 5.41) is 3.67. The van der Waals surface area contributed by atoms with E-state index in [2.05, 4.69) is 5.32 Å². The summed E-state index contributed by atoms with van der Waals surface area (Å²) in [4.78, 5) is 0. The van der Waals surface area contributed by atoms with Crippen molar-refractivity contribution < 1.29 is 4.74 Å². The molecule has 0 aromatic heterocycles. The molecule has 2 rings (SSSR count). The van der Waals surface area contributed by atoms with Gasteiger partial charge in [-0.05, 0) is 57.0 Å². The summed E-state index contributed by atoms with van der Waals surface area (Å²) in [6.07, 6.45) is 14.1. The predicted molar refractivity (Wildman–Crippen MR) is 76.8 cm³/mol. The highest BCUT2D eigenvalue weighted by Gasteiger charge is 2.14. The summed E-state index contributed by atoms with van der Waals surface area (Å²) >= 11 is 0. The number of nitrogens with one attached hydrogen (secondary N) is 1. The minimum absolute atomic E-state index is 0.956. The lowest BCUT2D eigenvalue weighted by Crippen LogP contribution is -2.25. The Hall–Kier alpha value is -0.0800. The molecule has 1 saturated heterocycles. The third-order valence-electron chi connectivity index (χ3n) is 4.71. The lowest BCUT2D eigenvalue weighted by molar-refractivity contribution is 0.0631. The van der Waals surface area contributed by atoms with Gasteiger partial charge in [-0.15, -0.1) is 0 Å². The molecule has 2 aliphatic rings. The van der Waals surface area contributed by atoms with Crippen LogP contribution in [-0.2, 0) is 4.74 Å². The average molecular weight is 253 g/mol. The second-order valence-corrected chi connectivity index (χ2v) is 6.26. The molecule has 106 valence electrons. The van der Waals surface area contributed by atoms with Crippen LogP contribution in [0.5, 0.6) is 0 Å². The first-order valence-corrected chi connectivity index (χ1v) is 8.23. The van der Waals surface area contributed by atoms with Crippen molar-refractivity contribution >= 4 is 0 Å². The Morgan fingerprint density at radius 2 is 1.61 bits per heavy atom. The van der Waals surface area contributed by atoms with Gasteiger partial charge in [0.05, 0.1) is 0 Å². The van der Waals surface area contributed by atoms with Crippen molar-refractivity contribution in [2.75, 3.05) is 26.3 Å². The molecule has 0 aromatic carbocycles. The molecule has 1 aliphatic carbocycles. The Kier molecular flexibility index (Phi) is 7.11. The number of ether oxygens (including phenoxy) is 1. The van der Waals surface area contributed by atoms with Crippen LogP contribution in [0.1, 0.15) is 64.2 Å². The normalized spacial score (nSPS) is 23.3. The molecule has 0 amide bonds. The lowest BCUT2D eigenvalue weighted by Gasteiger charge is -2.22. The second-order valence-electron chi connectivity index (χ2n) is 6.26. The lowest BCUT2D eigenvalue weighted by atomic mass is 9.89. The molecule has 1 saturated carbocycles. The summed E-state index contributed by atoms with van der Waals surface area (Å²) in [7, 11) is 0. The van der Waals surface area contributed by atoms with E-state index in [1.807, 2.05) is 0 Å². The van der Waals surface area contributed by atoms with Gasteiger partial charge in [-0.1, -0.05) is 32.1 Å². The Morgan fingerprint density at radius 1 is 0.833 bits per heavy atom. The molecule has 1 aliphatic heterocycles. The maximum Gasteiger partial charge on any atom is 0.0468 e. The van der Waals surface area contributed by atoms with Crippen molar-refractivity contribution in [1.29, 1.82) is 0 Å². The van der Waals surface area contributed by atoms with Crippen molar-refractivity contribution in [3.05, 3.63) is 0 Å². The van der Waals surface area contributed by atoms with Gasteiger partial charge >= 0.3 is 0 Å². The topological polar surface area (TPSA) is 21.3 Å². The molecular weight excluding hydrogens is 222 g/mol. The molecule has 18 heavy (non-hydrogen) atoms. The quantitative estimate of drug-likeness (QED) is 0.698. The van der Waals surface area contributed by atoms with Crippen LogP contribution in [0.25, 0.3) is 0 Å². The third kappa shape index (κ3) is 5.71. The molecule has 0 radical (unpaired) electrons. The maximum absolute atomic E-state index is 5.40. The summed E-state index contributed by atoms with van der Waals surface area (Å²) < 4.78 is 5.40. The van der Waals surface area contributed by atoms with Crippen LogP contribution >= 0.6 is 0 Å². The highest BCUT2D eigenvalue weighted by atomic mass is 16.5. The molecule has 0 spiro atoms. The highest BCUT2D eigenvalue weighted by molar-refractivity contribution is 4.68. The first-order valence-electron chi connectivity index (χ1n) is 8.23. The van der Waals surface area contributed by atoms with Crippen LogP contribution in [0.3, 0.4) is 0 Å². The molecule has 2 heteroatoms. The first kappa shape index (κ1) is 14.3. The van der Waals surface area contributed by atoms with Crippen molar-refractivity contribution in [2.45, 2.75) is 64.2 Å². The van der Waals surface area contributed by atoms with Crippen molar-refractivity contribution in [3.8, 4) is 0 Å². The van der Waals surface area contributed by atoms with E-state index in [-0.39, 0.29) is 0 Å². The zero-order chi connectivity index (χ0) is 12.5. The third-order valence-corrected chi connectivity index (χ3v) is 4.71. The molecule has 2 fully saturated rings. The predicted octanol–water partition coefficient (Wildman–Crippen LogP) is 3.75. The fourth-order valence-corrected chi connectivity index (χ4v) is 3.42. The highest BCUT2D eigenvalue weighted by Crippen LogP contribution is 2.23. The minimum atomic E-state index is 0.956. The van der Waals surface area contributed by atoms with Crippen molar-refractivity contribution in [1.82, 2.24) is 5.32 Å². The zero-order valence-corrected chi connectivity index (χ0v) is 12.0. The molecule has 0 unspecified atom stereocenters. The van der Waals surface area contributed by atoms with Crippen LogP contribution in [0, 0.1) is 11.8 Å². The zero-order valence-electron chi connectivity index (χ0n) is 12.0. The average Bonchev–Trinajstić information content (AvgIpc) is 2.45. The number of rotatable bonds is 7. The number of hydrogen-bond donors (Lipinski definition) is 1. The van der Waals surface area contributed by atoms with Gasteiger partial charge in [-0.2, -0.15) is 0 Å². The van der Waals surface area contributed by atoms with E-state index in [0.717, 1.165) is 25.0 Å². The monoisotopic (exact) mass is 253 g/mol. The van der Waals surface area contributed by atoms with E-state index in [1.54, 1.807) is 0 Å². The van der Waals surface area contributed by atoms with Gasteiger partial charge in [0.25, 0.3) is 0 Å². The van der Waals surface area contributed by atoms with Crippen molar-refractivity contribution in [2.24, 2.45) is 11.8 Å². The van der Waals surface area contributed by atoms with Gasteiger partial charge in [0.15, 0.2) is 0 Å². The van der Waals surface area contributed by atoms with E-state index in [9.17, 15) is 0 Å². The van der Waals surface area contributed by atoms with Crippen LogP contribution in [0.4, 0.5) is 0 Å². The summed E-state index contributed by atoms with van der Waals surface area (Å²) in [5.74, 6) is 1.94. The van der Waals surface area contributed by atoms with Gasteiger partial charge in [0.2, 0.25) is 0 Å². The largest absolute Gasteiger partial charge is 0.381 e.